The molecule has 1 aromatic carbocycles. The van der Waals surface area contributed by atoms with Gasteiger partial charge in [0.25, 0.3) is 0 Å². The summed E-state index contributed by atoms with van der Waals surface area (Å²) in [6.07, 6.45) is 6.75. The van der Waals surface area contributed by atoms with Crippen LogP contribution in [0.2, 0.25) is 0 Å². The zero-order valence-electron chi connectivity index (χ0n) is 13.2. The van der Waals surface area contributed by atoms with Crippen LogP contribution in [0, 0.1) is 0 Å². The molecule has 2 heterocycles. The molecule has 2 aromatic rings. The Bertz CT molecular complexity index is 611. The number of aromatic nitrogens is 2. The van der Waals surface area contributed by atoms with Crippen LogP contribution < -0.4 is 10.1 Å². The van der Waals surface area contributed by atoms with Gasteiger partial charge < -0.3 is 15.0 Å². The molecule has 0 aliphatic carbocycles. The van der Waals surface area contributed by atoms with E-state index >= 15 is 0 Å². The fourth-order valence-electron chi connectivity index (χ4n) is 2.98. The smallest absolute Gasteiger partial charge is 0.137 e. The van der Waals surface area contributed by atoms with Crippen LogP contribution in [-0.4, -0.2) is 48.2 Å². The number of anilines is 1. The van der Waals surface area contributed by atoms with Crippen molar-refractivity contribution in [3.05, 3.63) is 24.5 Å². The fourth-order valence-corrected chi connectivity index (χ4v) is 2.98. The summed E-state index contributed by atoms with van der Waals surface area (Å²) in [4.78, 5) is 11.2. The molecule has 0 spiro atoms. The second-order valence-corrected chi connectivity index (χ2v) is 5.79. The summed E-state index contributed by atoms with van der Waals surface area (Å²) in [7, 11) is 1.67. The number of benzene rings is 1. The molecule has 22 heavy (non-hydrogen) atoms. The van der Waals surface area contributed by atoms with Gasteiger partial charge in [-0.1, -0.05) is 0 Å². The Morgan fingerprint density at radius 3 is 2.86 bits per heavy atom. The Balaban J connectivity index is 1.52. The third kappa shape index (κ3) is 3.65. The predicted octanol–water partition coefficient (Wildman–Crippen LogP) is 2.93. The lowest BCUT2D eigenvalue weighted by molar-refractivity contribution is 0.331. The first-order chi connectivity index (χ1) is 10.9. The van der Waals surface area contributed by atoms with Gasteiger partial charge in [0.15, 0.2) is 0 Å². The first-order valence-electron chi connectivity index (χ1n) is 8.12. The van der Waals surface area contributed by atoms with E-state index in [0.717, 1.165) is 35.4 Å². The van der Waals surface area contributed by atoms with Gasteiger partial charge in [0.1, 0.15) is 17.9 Å². The number of hydrogen-bond donors (Lipinski definition) is 1. The number of unbranched alkanes of at least 4 members (excludes halogenated alkanes) is 1. The highest BCUT2D eigenvalue weighted by Crippen LogP contribution is 2.23. The van der Waals surface area contributed by atoms with Gasteiger partial charge in [-0.3, -0.25) is 0 Å². The summed E-state index contributed by atoms with van der Waals surface area (Å²) >= 11 is 0. The molecule has 5 heteroatoms. The molecule has 0 unspecified atom stereocenters. The standard InChI is InChI=1S/C17H24N4O/c1-22-14-6-7-15-16(12-14)19-13-20-17(15)18-8-2-3-9-21-10-4-5-11-21/h6-7,12-13H,2-5,8-11H2,1H3,(H,18,19,20). The quantitative estimate of drug-likeness (QED) is 0.797. The van der Waals surface area contributed by atoms with Gasteiger partial charge in [0, 0.05) is 18.0 Å². The predicted molar refractivity (Wildman–Crippen MR) is 89.5 cm³/mol. The molecule has 0 atom stereocenters. The summed E-state index contributed by atoms with van der Waals surface area (Å²) in [5.41, 5.74) is 0.911. The molecule has 1 saturated heterocycles. The van der Waals surface area contributed by atoms with Crippen LogP contribution in [0.15, 0.2) is 24.5 Å². The van der Waals surface area contributed by atoms with E-state index in [-0.39, 0.29) is 0 Å². The molecule has 3 rings (SSSR count). The van der Waals surface area contributed by atoms with Crippen LogP contribution in [0.3, 0.4) is 0 Å². The number of likely N-dealkylation sites (tertiary alicyclic amines) is 1. The molecule has 0 radical (unpaired) electrons. The normalized spacial score (nSPS) is 15.3. The molecule has 5 nitrogen and oxygen atoms in total. The van der Waals surface area contributed by atoms with Crippen molar-refractivity contribution in [2.75, 3.05) is 38.6 Å². The van der Waals surface area contributed by atoms with Crippen LogP contribution in [0.5, 0.6) is 5.75 Å². The van der Waals surface area contributed by atoms with Crippen LogP contribution in [-0.2, 0) is 0 Å². The Hall–Kier alpha value is -1.88. The minimum Gasteiger partial charge on any atom is -0.497 e. The third-order valence-electron chi connectivity index (χ3n) is 4.24. The van der Waals surface area contributed by atoms with E-state index in [0.29, 0.717) is 0 Å². The fraction of sp³-hybridized carbons (Fsp3) is 0.529. The lowest BCUT2D eigenvalue weighted by Crippen LogP contribution is -2.20. The number of methoxy groups -OCH3 is 1. The van der Waals surface area contributed by atoms with Crippen LogP contribution >= 0.6 is 0 Å². The zero-order valence-corrected chi connectivity index (χ0v) is 13.2. The van der Waals surface area contributed by atoms with Crippen molar-refractivity contribution in [1.82, 2.24) is 14.9 Å². The van der Waals surface area contributed by atoms with Gasteiger partial charge in [-0.05, 0) is 57.5 Å². The summed E-state index contributed by atoms with van der Waals surface area (Å²) in [5.74, 6) is 1.73. The number of rotatable bonds is 7. The minimum atomic E-state index is 0.822. The third-order valence-corrected chi connectivity index (χ3v) is 4.24. The van der Waals surface area contributed by atoms with Crippen LogP contribution in [0.4, 0.5) is 5.82 Å². The largest absolute Gasteiger partial charge is 0.497 e. The highest BCUT2D eigenvalue weighted by molar-refractivity contribution is 5.89. The zero-order chi connectivity index (χ0) is 15.2. The summed E-state index contributed by atoms with van der Waals surface area (Å²) < 4.78 is 5.24. The molecular formula is C17H24N4O. The van der Waals surface area contributed by atoms with Crippen LogP contribution in [0.1, 0.15) is 25.7 Å². The van der Waals surface area contributed by atoms with Crippen molar-refractivity contribution >= 4 is 16.7 Å². The molecule has 1 fully saturated rings. The van der Waals surface area contributed by atoms with E-state index in [1.807, 2.05) is 18.2 Å². The Morgan fingerprint density at radius 1 is 1.18 bits per heavy atom. The van der Waals surface area contributed by atoms with E-state index in [9.17, 15) is 0 Å². The van der Waals surface area contributed by atoms with Crippen molar-refractivity contribution in [2.45, 2.75) is 25.7 Å². The monoisotopic (exact) mass is 300 g/mol. The Morgan fingerprint density at radius 2 is 2.05 bits per heavy atom. The van der Waals surface area contributed by atoms with Crippen molar-refractivity contribution in [2.24, 2.45) is 0 Å². The maximum atomic E-state index is 5.24. The van der Waals surface area contributed by atoms with E-state index in [2.05, 4.69) is 20.2 Å². The van der Waals surface area contributed by atoms with E-state index in [1.165, 1.54) is 38.9 Å². The number of ether oxygens (including phenoxy) is 1. The van der Waals surface area contributed by atoms with Gasteiger partial charge >= 0.3 is 0 Å². The van der Waals surface area contributed by atoms with Crippen molar-refractivity contribution in [3.8, 4) is 5.75 Å². The lowest BCUT2D eigenvalue weighted by Gasteiger charge is -2.14. The Labute approximate surface area is 131 Å². The highest BCUT2D eigenvalue weighted by Gasteiger charge is 2.10. The van der Waals surface area contributed by atoms with E-state index in [1.54, 1.807) is 13.4 Å². The molecule has 0 amide bonds. The summed E-state index contributed by atoms with van der Waals surface area (Å²) in [5, 5.41) is 4.48. The SMILES string of the molecule is COc1ccc2c(NCCCCN3CCCC3)ncnc2c1. The first-order valence-corrected chi connectivity index (χ1v) is 8.12. The van der Waals surface area contributed by atoms with Crippen molar-refractivity contribution < 1.29 is 4.74 Å². The first kappa shape index (κ1) is 15.0. The van der Waals surface area contributed by atoms with Gasteiger partial charge in [0.2, 0.25) is 0 Å². The number of hydrogen-bond acceptors (Lipinski definition) is 5. The molecule has 1 aliphatic heterocycles. The molecule has 118 valence electrons. The molecule has 1 aromatic heterocycles. The minimum absolute atomic E-state index is 0.822. The number of nitrogens with zero attached hydrogens (tertiary/aromatic N) is 3. The molecule has 1 aliphatic rings. The molecular weight excluding hydrogens is 276 g/mol. The number of fused-ring (bicyclic) bond motifs is 1. The van der Waals surface area contributed by atoms with Gasteiger partial charge in [-0.15, -0.1) is 0 Å². The number of nitrogens with one attached hydrogen (secondary N) is 1. The maximum absolute atomic E-state index is 5.24. The van der Waals surface area contributed by atoms with Gasteiger partial charge in [-0.25, -0.2) is 9.97 Å². The van der Waals surface area contributed by atoms with Crippen molar-refractivity contribution in [3.63, 3.8) is 0 Å². The molecule has 0 saturated carbocycles. The lowest BCUT2D eigenvalue weighted by atomic mass is 10.2. The van der Waals surface area contributed by atoms with E-state index in [4.69, 9.17) is 4.74 Å². The van der Waals surface area contributed by atoms with Crippen molar-refractivity contribution in [1.29, 1.82) is 0 Å². The van der Waals surface area contributed by atoms with E-state index < -0.39 is 0 Å². The second kappa shape index (κ2) is 7.40. The average molecular weight is 300 g/mol. The Kier molecular flexibility index (Phi) is 5.06. The second-order valence-electron chi connectivity index (χ2n) is 5.79. The summed E-state index contributed by atoms with van der Waals surface area (Å²) in [6, 6.07) is 5.90. The van der Waals surface area contributed by atoms with Gasteiger partial charge in [0.05, 0.1) is 12.6 Å². The highest BCUT2D eigenvalue weighted by atomic mass is 16.5. The summed E-state index contributed by atoms with van der Waals surface area (Å²) in [6.45, 7) is 4.74. The topological polar surface area (TPSA) is 50.3 Å². The van der Waals surface area contributed by atoms with Gasteiger partial charge in [-0.2, -0.15) is 0 Å². The average Bonchev–Trinajstić information content (AvgIpc) is 3.07. The maximum Gasteiger partial charge on any atom is 0.137 e. The molecule has 0 bridgehead atoms. The van der Waals surface area contributed by atoms with Crippen LogP contribution in [0.25, 0.3) is 10.9 Å². The molecule has 1 N–H and O–H groups in total.